The van der Waals surface area contributed by atoms with E-state index >= 15 is 0 Å². The molecule has 2 aromatic heterocycles. The zero-order chi connectivity index (χ0) is 9.97. The Labute approximate surface area is 79.8 Å². The Bertz CT molecular complexity index is 430. The summed E-state index contributed by atoms with van der Waals surface area (Å²) in [5.74, 6) is 0.246. The van der Waals surface area contributed by atoms with Gasteiger partial charge in [-0.2, -0.15) is 5.10 Å². The van der Waals surface area contributed by atoms with E-state index in [4.69, 9.17) is 0 Å². The van der Waals surface area contributed by atoms with E-state index in [1.807, 2.05) is 6.92 Å². The lowest BCUT2D eigenvalue weighted by atomic mass is 10.4. The van der Waals surface area contributed by atoms with Crippen molar-refractivity contribution in [2.45, 2.75) is 6.92 Å². The van der Waals surface area contributed by atoms with Crippen LogP contribution in [0.2, 0.25) is 0 Å². The molecular weight excluding hydrogens is 182 g/mol. The van der Waals surface area contributed by atoms with Gasteiger partial charge >= 0.3 is 0 Å². The summed E-state index contributed by atoms with van der Waals surface area (Å²) < 4.78 is 0. The number of aromatic nitrogens is 4. The summed E-state index contributed by atoms with van der Waals surface area (Å²) in [5, 5.41) is 9.22. The molecule has 72 valence electrons. The number of nitrogens with one attached hydrogen (secondary N) is 3. The summed E-state index contributed by atoms with van der Waals surface area (Å²) in [5.41, 5.74) is 1.30. The van der Waals surface area contributed by atoms with E-state index in [0.717, 1.165) is 5.69 Å². The number of H-pyrrole nitrogens is 2. The lowest BCUT2D eigenvalue weighted by Crippen LogP contribution is -2.12. The van der Waals surface area contributed by atoms with Gasteiger partial charge < -0.3 is 10.3 Å². The molecule has 14 heavy (non-hydrogen) atoms. The molecule has 3 N–H and O–H groups in total. The molecule has 2 heterocycles. The molecule has 0 radical (unpaired) electrons. The van der Waals surface area contributed by atoms with Crippen LogP contribution in [-0.2, 0) is 0 Å². The van der Waals surface area contributed by atoms with Crippen molar-refractivity contribution in [2.24, 2.45) is 0 Å². The van der Waals surface area contributed by atoms with Crippen molar-refractivity contribution in [3.8, 4) is 0 Å². The van der Waals surface area contributed by atoms with Crippen molar-refractivity contribution in [1.82, 2.24) is 20.2 Å². The van der Waals surface area contributed by atoms with Crippen LogP contribution >= 0.6 is 0 Å². The predicted octanol–water partition coefficient (Wildman–Crippen LogP) is 0.694. The lowest BCUT2D eigenvalue weighted by Gasteiger charge is -1.96. The van der Waals surface area contributed by atoms with Gasteiger partial charge in [0.25, 0.3) is 5.91 Å². The summed E-state index contributed by atoms with van der Waals surface area (Å²) in [4.78, 5) is 17.9. The highest BCUT2D eigenvalue weighted by molar-refractivity contribution is 6.02. The second-order valence-electron chi connectivity index (χ2n) is 2.86. The molecule has 1 amide bonds. The third-order valence-corrected chi connectivity index (χ3v) is 1.69. The summed E-state index contributed by atoms with van der Waals surface area (Å²) in [6, 6.07) is 1.74. The van der Waals surface area contributed by atoms with Gasteiger partial charge in [-0.25, -0.2) is 4.98 Å². The molecule has 0 unspecified atom stereocenters. The van der Waals surface area contributed by atoms with E-state index in [1.165, 1.54) is 12.5 Å². The first-order valence-corrected chi connectivity index (χ1v) is 4.07. The highest BCUT2D eigenvalue weighted by Crippen LogP contribution is 2.05. The van der Waals surface area contributed by atoms with E-state index in [2.05, 4.69) is 25.5 Å². The minimum atomic E-state index is -0.256. The Kier molecular flexibility index (Phi) is 2.02. The molecule has 0 atom stereocenters. The van der Waals surface area contributed by atoms with Gasteiger partial charge in [-0.3, -0.25) is 9.89 Å². The number of aromatic amines is 2. The molecule has 6 heteroatoms. The Morgan fingerprint density at radius 1 is 1.57 bits per heavy atom. The molecule has 0 spiro atoms. The van der Waals surface area contributed by atoms with Crippen LogP contribution in [0.1, 0.15) is 16.2 Å². The van der Waals surface area contributed by atoms with Crippen LogP contribution in [0.3, 0.4) is 0 Å². The lowest BCUT2D eigenvalue weighted by molar-refractivity contribution is 0.102. The number of rotatable bonds is 2. The minimum absolute atomic E-state index is 0.256. The van der Waals surface area contributed by atoms with Gasteiger partial charge in [-0.1, -0.05) is 0 Å². The fraction of sp³-hybridized carbons (Fsp3) is 0.125. The Morgan fingerprint density at radius 2 is 2.43 bits per heavy atom. The standard InChI is InChI=1S/C8H9N5O/c1-5-2-7(13-12-5)11-8(14)6-3-9-4-10-6/h2-4H,1H3,(H,9,10)(H2,11,12,13,14). The van der Waals surface area contributed by atoms with Crippen molar-refractivity contribution in [2.75, 3.05) is 5.32 Å². The van der Waals surface area contributed by atoms with Crippen molar-refractivity contribution in [3.05, 3.63) is 30.0 Å². The predicted molar refractivity (Wildman–Crippen MR) is 49.9 cm³/mol. The average Bonchev–Trinajstić information content (AvgIpc) is 2.75. The van der Waals surface area contributed by atoms with Crippen molar-refractivity contribution in [1.29, 1.82) is 0 Å². The summed E-state index contributed by atoms with van der Waals surface area (Å²) >= 11 is 0. The molecule has 0 fully saturated rings. The van der Waals surface area contributed by atoms with Crippen molar-refractivity contribution in [3.63, 3.8) is 0 Å². The van der Waals surface area contributed by atoms with Crippen LogP contribution in [0.25, 0.3) is 0 Å². The van der Waals surface area contributed by atoms with Crippen LogP contribution in [0.5, 0.6) is 0 Å². The van der Waals surface area contributed by atoms with Gasteiger partial charge in [-0.05, 0) is 6.92 Å². The number of amides is 1. The first-order valence-electron chi connectivity index (χ1n) is 4.07. The highest BCUT2D eigenvalue weighted by Gasteiger charge is 2.08. The Balaban J connectivity index is 2.09. The molecule has 0 aliphatic carbocycles. The number of anilines is 1. The molecule has 0 aliphatic heterocycles. The quantitative estimate of drug-likeness (QED) is 0.652. The molecule has 0 aliphatic rings. The molecule has 0 bridgehead atoms. The van der Waals surface area contributed by atoms with E-state index in [-0.39, 0.29) is 5.91 Å². The van der Waals surface area contributed by atoms with Gasteiger partial charge in [0.2, 0.25) is 0 Å². The number of nitrogens with zero attached hydrogens (tertiary/aromatic N) is 2. The number of imidazole rings is 1. The van der Waals surface area contributed by atoms with Crippen molar-refractivity contribution < 1.29 is 4.79 Å². The molecule has 2 aromatic rings. The number of carbonyl (C=O) groups is 1. The topological polar surface area (TPSA) is 86.5 Å². The maximum atomic E-state index is 11.4. The molecule has 6 nitrogen and oxygen atoms in total. The van der Waals surface area contributed by atoms with Crippen LogP contribution in [0, 0.1) is 6.92 Å². The fourth-order valence-electron chi connectivity index (χ4n) is 1.05. The zero-order valence-electron chi connectivity index (χ0n) is 7.53. The normalized spacial score (nSPS) is 10.1. The summed E-state index contributed by atoms with van der Waals surface area (Å²) in [6.07, 6.45) is 2.90. The SMILES string of the molecule is Cc1cc(NC(=O)c2cnc[nH]2)n[nH]1. The number of hydrogen-bond acceptors (Lipinski definition) is 3. The monoisotopic (exact) mass is 191 g/mol. The maximum Gasteiger partial charge on any atom is 0.274 e. The molecular formula is C8H9N5O. The number of aryl methyl sites for hydroxylation is 1. The average molecular weight is 191 g/mol. The van der Waals surface area contributed by atoms with Crippen LogP contribution in [-0.4, -0.2) is 26.1 Å². The largest absolute Gasteiger partial charge is 0.341 e. The molecule has 2 rings (SSSR count). The highest BCUT2D eigenvalue weighted by atomic mass is 16.2. The van der Waals surface area contributed by atoms with E-state index < -0.39 is 0 Å². The smallest absolute Gasteiger partial charge is 0.274 e. The van der Waals surface area contributed by atoms with Crippen LogP contribution < -0.4 is 5.32 Å². The summed E-state index contributed by atoms with van der Waals surface area (Å²) in [6.45, 7) is 1.86. The number of hydrogen-bond donors (Lipinski definition) is 3. The molecule has 0 aromatic carbocycles. The number of carbonyl (C=O) groups excluding carboxylic acids is 1. The zero-order valence-corrected chi connectivity index (χ0v) is 7.53. The van der Waals surface area contributed by atoms with E-state index in [0.29, 0.717) is 11.5 Å². The Morgan fingerprint density at radius 3 is 3.00 bits per heavy atom. The first-order chi connectivity index (χ1) is 6.75. The third kappa shape index (κ3) is 1.63. The second-order valence-corrected chi connectivity index (χ2v) is 2.86. The van der Waals surface area contributed by atoms with Gasteiger partial charge in [0, 0.05) is 11.8 Å². The Hall–Kier alpha value is -2.11. The molecule has 0 saturated heterocycles. The molecule has 0 saturated carbocycles. The van der Waals surface area contributed by atoms with Crippen LogP contribution in [0.4, 0.5) is 5.82 Å². The van der Waals surface area contributed by atoms with Gasteiger partial charge in [0.15, 0.2) is 5.82 Å². The fourth-order valence-corrected chi connectivity index (χ4v) is 1.05. The van der Waals surface area contributed by atoms with Gasteiger partial charge in [0.1, 0.15) is 5.69 Å². The van der Waals surface area contributed by atoms with E-state index in [1.54, 1.807) is 6.07 Å². The van der Waals surface area contributed by atoms with Gasteiger partial charge in [0.05, 0.1) is 12.5 Å². The van der Waals surface area contributed by atoms with Crippen LogP contribution in [0.15, 0.2) is 18.6 Å². The summed E-state index contributed by atoms with van der Waals surface area (Å²) in [7, 11) is 0. The minimum Gasteiger partial charge on any atom is -0.341 e. The second kappa shape index (κ2) is 3.33. The first kappa shape index (κ1) is 8.49. The third-order valence-electron chi connectivity index (χ3n) is 1.69. The van der Waals surface area contributed by atoms with Gasteiger partial charge in [-0.15, -0.1) is 0 Å². The van der Waals surface area contributed by atoms with E-state index in [9.17, 15) is 4.79 Å². The van der Waals surface area contributed by atoms with Crippen molar-refractivity contribution >= 4 is 11.7 Å². The maximum absolute atomic E-state index is 11.4.